The molecule has 6 heteroatoms. The van der Waals surface area contributed by atoms with E-state index < -0.39 is 17.6 Å². The van der Waals surface area contributed by atoms with Crippen LogP contribution in [-0.4, -0.2) is 17.6 Å². The third kappa shape index (κ3) is 5.24. The molecule has 0 aliphatic carbocycles. The largest absolute Gasteiger partial charge is 0.294 e. The summed E-state index contributed by atoms with van der Waals surface area (Å²) in [5.41, 5.74) is 7.27. The number of amides is 2. The molecular formula is C19H19FN2O3. The summed E-state index contributed by atoms with van der Waals surface area (Å²) in [6.07, 6.45) is -0.111. The molecule has 0 radical (unpaired) electrons. The minimum atomic E-state index is -0.478. The molecular weight excluding hydrogens is 323 g/mol. The van der Waals surface area contributed by atoms with E-state index in [1.165, 1.54) is 24.3 Å². The molecule has 0 heterocycles. The molecule has 0 aliphatic heterocycles. The van der Waals surface area contributed by atoms with Crippen molar-refractivity contribution in [2.45, 2.75) is 26.7 Å². The molecule has 2 amide bonds. The highest BCUT2D eigenvalue weighted by Gasteiger charge is 2.12. The van der Waals surface area contributed by atoms with Gasteiger partial charge in [0.2, 0.25) is 5.91 Å². The predicted octanol–water partition coefficient (Wildman–Crippen LogP) is 2.87. The third-order valence-electron chi connectivity index (χ3n) is 3.69. The van der Waals surface area contributed by atoms with Crippen LogP contribution in [0.15, 0.2) is 42.5 Å². The maximum absolute atomic E-state index is 12.8. The fourth-order valence-corrected chi connectivity index (χ4v) is 2.33. The van der Waals surface area contributed by atoms with E-state index >= 15 is 0 Å². The average Bonchev–Trinajstić information content (AvgIpc) is 2.58. The van der Waals surface area contributed by atoms with Crippen molar-refractivity contribution in [1.29, 1.82) is 0 Å². The second-order valence-corrected chi connectivity index (χ2v) is 5.75. The van der Waals surface area contributed by atoms with Crippen molar-refractivity contribution in [3.8, 4) is 0 Å². The van der Waals surface area contributed by atoms with Crippen LogP contribution in [0.5, 0.6) is 0 Å². The van der Waals surface area contributed by atoms with Crippen LogP contribution in [0.25, 0.3) is 0 Å². The lowest BCUT2D eigenvalue weighted by Gasteiger charge is -2.09. The van der Waals surface area contributed by atoms with Gasteiger partial charge in [-0.25, -0.2) is 4.39 Å². The number of hydrazine groups is 1. The highest BCUT2D eigenvalue weighted by atomic mass is 19.1. The van der Waals surface area contributed by atoms with E-state index in [1.54, 1.807) is 6.07 Å². The van der Waals surface area contributed by atoms with Crippen LogP contribution in [0, 0.1) is 19.7 Å². The lowest BCUT2D eigenvalue weighted by atomic mass is 10.1. The summed E-state index contributed by atoms with van der Waals surface area (Å²) in [6.45, 7) is 3.74. The molecule has 25 heavy (non-hydrogen) atoms. The molecule has 2 aromatic rings. The summed E-state index contributed by atoms with van der Waals surface area (Å²) in [6, 6.07) is 10.5. The van der Waals surface area contributed by atoms with Crippen molar-refractivity contribution in [1.82, 2.24) is 10.9 Å². The van der Waals surface area contributed by atoms with Gasteiger partial charge in [-0.3, -0.25) is 25.2 Å². The van der Waals surface area contributed by atoms with Gasteiger partial charge in [0.1, 0.15) is 5.82 Å². The average molecular weight is 342 g/mol. The number of ketones is 1. The lowest BCUT2D eigenvalue weighted by Crippen LogP contribution is -2.41. The van der Waals surface area contributed by atoms with Gasteiger partial charge in [0.05, 0.1) is 0 Å². The number of Topliss-reactive ketones (excluding diaryl/α,β-unsaturated/α-hetero) is 1. The molecule has 0 unspecified atom stereocenters. The summed E-state index contributed by atoms with van der Waals surface area (Å²) in [5, 5.41) is 0. The van der Waals surface area contributed by atoms with Gasteiger partial charge in [0, 0.05) is 24.0 Å². The van der Waals surface area contributed by atoms with Crippen molar-refractivity contribution in [2.24, 2.45) is 0 Å². The molecule has 0 fully saturated rings. The van der Waals surface area contributed by atoms with E-state index in [9.17, 15) is 18.8 Å². The van der Waals surface area contributed by atoms with Crippen molar-refractivity contribution in [2.75, 3.05) is 0 Å². The number of nitrogens with one attached hydrogen (secondary N) is 2. The van der Waals surface area contributed by atoms with Crippen molar-refractivity contribution < 1.29 is 18.8 Å². The second-order valence-electron chi connectivity index (χ2n) is 5.75. The van der Waals surface area contributed by atoms with E-state index in [0.29, 0.717) is 11.1 Å². The fraction of sp³-hybridized carbons (Fsp3) is 0.211. The standard InChI is InChI=1S/C19H19FN2O3/c1-12-3-8-16(13(2)11-12)19(25)22-21-18(24)10-9-17(23)14-4-6-15(20)7-5-14/h3-8,11H,9-10H2,1-2H3,(H,21,24)(H,22,25). The van der Waals surface area contributed by atoms with Crippen LogP contribution in [0.3, 0.4) is 0 Å². The zero-order valence-electron chi connectivity index (χ0n) is 14.1. The number of carbonyl (C=O) groups is 3. The van der Waals surface area contributed by atoms with Crippen molar-refractivity contribution in [3.63, 3.8) is 0 Å². The van der Waals surface area contributed by atoms with Crippen molar-refractivity contribution in [3.05, 3.63) is 70.5 Å². The molecule has 5 nitrogen and oxygen atoms in total. The molecule has 0 saturated carbocycles. The quantitative estimate of drug-likeness (QED) is 0.648. The molecule has 130 valence electrons. The van der Waals surface area contributed by atoms with Crippen LogP contribution < -0.4 is 10.9 Å². The van der Waals surface area contributed by atoms with Crippen LogP contribution in [0.1, 0.15) is 44.7 Å². The molecule has 0 spiro atoms. The maximum Gasteiger partial charge on any atom is 0.269 e. The SMILES string of the molecule is Cc1ccc(C(=O)NNC(=O)CCC(=O)c2ccc(F)cc2)c(C)c1. The Labute approximate surface area is 145 Å². The highest BCUT2D eigenvalue weighted by molar-refractivity contribution is 5.99. The van der Waals surface area contributed by atoms with Crippen LogP contribution in [0.4, 0.5) is 4.39 Å². The lowest BCUT2D eigenvalue weighted by molar-refractivity contribution is -0.121. The van der Waals surface area contributed by atoms with Gasteiger partial charge in [-0.2, -0.15) is 0 Å². The number of aryl methyl sites for hydroxylation is 2. The number of benzene rings is 2. The molecule has 2 aromatic carbocycles. The van der Waals surface area contributed by atoms with Crippen LogP contribution in [0.2, 0.25) is 0 Å². The highest BCUT2D eigenvalue weighted by Crippen LogP contribution is 2.10. The van der Waals surface area contributed by atoms with Gasteiger partial charge in [-0.15, -0.1) is 0 Å². The van der Waals surface area contributed by atoms with Crippen LogP contribution in [-0.2, 0) is 4.79 Å². The van der Waals surface area contributed by atoms with Gasteiger partial charge < -0.3 is 0 Å². The zero-order valence-corrected chi connectivity index (χ0v) is 14.1. The topological polar surface area (TPSA) is 75.3 Å². The maximum atomic E-state index is 12.8. The Morgan fingerprint density at radius 2 is 1.60 bits per heavy atom. The van der Waals surface area contributed by atoms with E-state index in [4.69, 9.17) is 0 Å². The number of carbonyl (C=O) groups excluding carboxylic acids is 3. The molecule has 0 saturated heterocycles. The normalized spacial score (nSPS) is 10.2. The molecule has 0 bridgehead atoms. The molecule has 2 N–H and O–H groups in total. The molecule has 0 aliphatic rings. The Morgan fingerprint density at radius 1 is 0.920 bits per heavy atom. The van der Waals surface area contributed by atoms with Gasteiger partial charge >= 0.3 is 0 Å². The smallest absolute Gasteiger partial charge is 0.269 e. The minimum absolute atomic E-state index is 0.0309. The first-order chi connectivity index (χ1) is 11.9. The summed E-state index contributed by atoms with van der Waals surface area (Å²) < 4.78 is 12.8. The van der Waals surface area contributed by atoms with Crippen LogP contribution >= 0.6 is 0 Å². The number of hydrogen-bond donors (Lipinski definition) is 2. The molecule has 0 atom stereocenters. The third-order valence-corrected chi connectivity index (χ3v) is 3.69. The zero-order chi connectivity index (χ0) is 18.4. The number of halogens is 1. The van der Waals surface area contributed by atoms with E-state index in [1.807, 2.05) is 26.0 Å². The first kappa shape index (κ1) is 18.3. The first-order valence-corrected chi connectivity index (χ1v) is 7.82. The summed E-state index contributed by atoms with van der Waals surface area (Å²) in [4.78, 5) is 35.7. The van der Waals surface area contributed by atoms with Crippen molar-refractivity contribution >= 4 is 17.6 Å². The fourth-order valence-electron chi connectivity index (χ4n) is 2.33. The van der Waals surface area contributed by atoms with E-state index in [2.05, 4.69) is 10.9 Å². The van der Waals surface area contributed by atoms with E-state index in [0.717, 1.165) is 11.1 Å². The Kier molecular flexibility index (Phi) is 6.00. The Hall–Kier alpha value is -3.02. The van der Waals surface area contributed by atoms with Gasteiger partial charge in [0.15, 0.2) is 5.78 Å². The van der Waals surface area contributed by atoms with E-state index in [-0.39, 0.29) is 18.6 Å². The van der Waals surface area contributed by atoms with Gasteiger partial charge in [-0.1, -0.05) is 17.7 Å². The first-order valence-electron chi connectivity index (χ1n) is 7.82. The number of rotatable bonds is 5. The molecule has 2 rings (SSSR count). The summed E-state index contributed by atoms with van der Waals surface area (Å²) in [7, 11) is 0. The summed E-state index contributed by atoms with van der Waals surface area (Å²) >= 11 is 0. The Morgan fingerprint density at radius 3 is 2.24 bits per heavy atom. The number of hydrogen-bond acceptors (Lipinski definition) is 3. The minimum Gasteiger partial charge on any atom is -0.294 e. The Balaban J connectivity index is 1.81. The molecule has 0 aromatic heterocycles. The van der Waals surface area contributed by atoms with Gasteiger partial charge in [-0.05, 0) is 49.7 Å². The summed E-state index contributed by atoms with van der Waals surface area (Å²) in [5.74, 6) is -1.59. The second kappa shape index (κ2) is 8.19. The monoisotopic (exact) mass is 342 g/mol. The predicted molar refractivity (Wildman–Crippen MR) is 91.5 cm³/mol. The van der Waals surface area contributed by atoms with Gasteiger partial charge in [0.25, 0.3) is 5.91 Å². The Bertz CT molecular complexity index is 801.